The number of piperidine rings is 1. The summed E-state index contributed by atoms with van der Waals surface area (Å²) in [6.45, 7) is 3.90. The summed E-state index contributed by atoms with van der Waals surface area (Å²) in [6.07, 6.45) is 11.1. The number of rotatable bonds is 5. The van der Waals surface area contributed by atoms with Crippen molar-refractivity contribution in [2.75, 3.05) is 50.5 Å². The molecule has 1 aliphatic carbocycles. The van der Waals surface area contributed by atoms with Crippen LogP contribution in [-0.4, -0.2) is 74.8 Å². The number of amides is 1. The lowest BCUT2D eigenvalue weighted by Crippen LogP contribution is -2.39. The van der Waals surface area contributed by atoms with Gasteiger partial charge in [0.2, 0.25) is 11.9 Å². The molecule has 1 aromatic heterocycles. The van der Waals surface area contributed by atoms with E-state index in [9.17, 15) is 13.2 Å². The molecule has 0 spiro atoms. The fraction of sp³-hybridized carbons (Fsp3) is 0.667. The van der Waals surface area contributed by atoms with Gasteiger partial charge in [-0.15, -0.1) is 0 Å². The number of anilines is 1. The molecule has 0 radical (unpaired) electrons. The highest BCUT2D eigenvalue weighted by molar-refractivity contribution is 7.90. The third kappa shape index (κ3) is 4.83. The van der Waals surface area contributed by atoms with Crippen LogP contribution in [0.25, 0.3) is 0 Å². The number of morpholine rings is 1. The molecule has 8 nitrogen and oxygen atoms in total. The molecule has 3 heterocycles. The molecule has 0 unspecified atom stereocenters. The van der Waals surface area contributed by atoms with Crippen LogP contribution in [0.3, 0.4) is 0 Å². The Morgan fingerprint density at radius 1 is 1.17 bits per heavy atom. The van der Waals surface area contributed by atoms with E-state index in [1.54, 1.807) is 0 Å². The van der Waals surface area contributed by atoms with E-state index in [1.807, 2.05) is 9.80 Å². The predicted molar refractivity (Wildman–Crippen MR) is 113 cm³/mol. The Labute approximate surface area is 178 Å². The Kier molecular flexibility index (Phi) is 6.38. The van der Waals surface area contributed by atoms with Crippen molar-refractivity contribution in [3.63, 3.8) is 0 Å². The summed E-state index contributed by atoms with van der Waals surface area (Å²) in [4.78, 5) is 25.8. The molecule has 0 N–H and O–H groups in total. The van der Waals surface area contributed by atoms with E-state index in [2.05, 4.69) is 17.1 Å². The van der Waals surface area contributed by atoms with Gasteiger partial charge >= 0.3 is 0 Å². The van der Waals surface area contributed by atoms with Gasteiger partial charge in [0.05, 0.1) is 25.1 Å². The highest BCUT2D eigenvalue weighted by atomic mass is 32.2. The smallest absolute Gasteiger partial charge is 0.225 e. The van der Waals surface area contributed by atoms with E-state index in [0.717, 1.165) is 12.8 Å². The molecule has 2 fully saturated rings. The van der Waals surface area contributed by atoms with Gasteiger partial charge in [0, 0.05) is 44.8 Å². The Balaban J connectivity index is 1.48. The first-order valence-corrected chi connectivity index (χ1v) is 12.6. The fourth-order valence-corrected chi connectivity index (χ4v) is 5.33. The molecule has 1 amide bonds. The van der Waals surface area contributed by atoms with Gasteiger partial charge in [-0.2, -0.15) is 0 Å². The molecular weight excluding hydrogens is 404 g/mol. The van der Waals surface area contributed by atoms with Crippen molar-refractivity contribution in [3.05, 3.63) is 24.0 Å². The molecule has 0 saturated carbocycles. The number of ether oxygens (including phenoxy) is 1. The largest absolute Gasteiger partial charge is 0.378 e. The molecule has 3 aliphatic rings. The minimum atomic E-state index is -3.43. The summed E-state index contributed by atoms with van der Waals surface area (Å²) >= 11 is 0. The molecule has 2 aliphatic heterocycles. The predicted octanol–water partition coefficient (Wildman–Crippen LogP) is 1.78. The molecular formula is C21H30N4O4S. The first kappa shape index (κ1) is 21.2. The Morgan fingerprint density at radius 3 is 2.53 bits per heavy atom. The second-order valence-electron chi connectivity index (χ2n) is 8.42. The number of hydrogen-bond acceptors (Lipinski definition) is 7. The molecule has 1 atom stereocenters. The standard InChI is InChI=1S/C21H30N4O4S/c1-30(27,28)18-15-22-21(25-10-12-29-13-11-25)23-20(18)17-6-8-24(9-7-17)19(26)14-16-4-2-3-5-16/h2,4,15-17H,3,5-14H2,1H3/t16-/m1/s1. The molecule has 9 heteroatoms. The molecule has 164 valence electrons. The maximum absolute atomic E-state index is 12.6. The van der Waals surface area contributed by atoms with Crippen molar-refractivity contribution in [1.82, 2.24) is 14.9 Å². The number of sulfone groups is 1. The fourth-order valence-electron chi connectivity index (χ4n) is 4.49. The van der Waals surface area contributed by atoms with Crippen LogP contribution in [0.2, 0.25) is 0 Å². The average molecular weight is 435 g/mol. The summed E-state index contributed by atoms with van der Waals surface area (Å²) in [6, 6.07) is 0. The minimum Gasteiger partial charge on any atom is -0.378 e. The maximum Gasteiger partial charge on any atom is 0.225 e. The molecule has 4 rings (SSSR count). The maximum atomic E-state index is 12.6. The van der Waals surface area contributed by atoms with Crippen LogP contribution >= 0.6 is 0 Å². The van der Waals surface area contributed by atoms with E-state index >= 15 is 0 Å². The Hall–Kier alpha value is -2.00. The number of carbonyl (C=O) groups excluding carboxylic acids is 1. The summed E-state index contributed by atoms with van der Waals surface area (Å²) in [5.41, 5.74) is 0.597. The number of hydrogen-bond donors (Lipinski definition) is 0. The van der Waals surface area contributed by atoms with E-state index in [4.69, 9.17) is 9.72 Å². The van der Waals surface area contributed by atoms with Gasteiger partial charge in [-0.05, 0) is 31.6 Å². The summed E-state index contributed by atoms with van der Waals surface area (Å²) in [7, 11) is -3.43. The number of allylic oxidation sites excluding steroid dienone is 2. The lowest BCUT2D eigenvalue weighted by atomic mass is 9.92. The first-order valence-electron chi connectivity index (χ1n) is 10.8. The van der Waals surface area contributed by atoms with E-state index < -0.39 is 9.84 Å². The van der Waals surface area contributed by atoms with Crippen molar-refractivity contribution >= 4 is 21.7 Å². The zero-order chi connectivity index (χ0) is 21.1. The van der Waals surface area contributed by atoms with Gasteiger partial charge in [0.15, 0.2) is 9.84 Å². The van der Waals surface area contributed by atoms with Crippen molar-refractivity contribution in [3.8, 4) is 0 Å². The van der Waals surface area contributed by atoms with Crippen LogP contribution in [-0.2, 0) is 19.4 Å². The topological polar surface area (TPSA) is 92.7 Å². The van der Waals surface area contributed by atoms with E-state index in [1.165, 1.54) is 12.5 Å². The number of aromatic nitrogens is 2. The van der Waals surface area contributed by atoms with Crippen LogP contribution < -0.4 is 4.90 Å². The lowest BCUT2D eigenvalue weighted by Gasteiger charge is -2.33. The molecule has 0 bridgehead atoms. The highest BCUT2D eigenvalue weighted by Crippen LogP contribution is 2.33. The van der Waals surface area contributed by atoms with E-state index in [0.29, 0.717) is 76.2 Å². The number of carbonyl (C=O) groups is 1. The SMILES string of the molecule is CS(=O)(=O)c1cnc(N2CCOCC2)nc1C1CCN(C(=O)C[C@@H]2C=CCC2)CC1. The monoisotopic (exact) mass is 434 g/mol. The zero-order valence-electron chi connectivity index (χ0n) is 17.5. The van der Waals surface area contributed by atoms with Crippen molar-refractivity contribution in [1.29, 1.82) is 0 Å². The number of likely N-dealkylation sites (tertiary alicyclic amines) is 1. The summed E-state index contributed by atoms with van der Waals surface area (Å²) < 4.78 is 30.1. The van der Waals surface area contributed by atoms with Gasteiger partial charge in [0.1, 0.15) is 4.90 Å². The summed E-state index contributed by atoms with van der Waals surface area (Å²) in [5, 5.41) is 0. The normalized spacial score (nSPS) is 23.2. The van der Waals surface area contributed by atoms with Crippen LogP contribution in [0.1, 0.15) is 43.7 Å². The highest BCUT2D eigenvalue weighted by Gasteiger charge is 2.30. The number of nitrogens with zero attached hydrogens (tertiary/aromatic N) is 4. The third-order valence-electron chi connectivity index (χ3n) is 6.25. The van der Waals surface area contributed by atoms with Crippen LogP contribution in [0, 0.1) is 5.92 Å². The minimum absolute atomic E-state index is 0.00735. The van der Waals surface area contributed by atoms with Crippen LogP contribution in [0.4, 0.5) is 5.95 Å². The van der Waals surface area contributed by atoms with Gasteiger partial charge in [-0.3, -0.25) is 4.79 Å². The lowest BCUT2D eigenvalue weighted by molar-refractivity contribution is -0.132. The Bertz CT molecular complexity index is 904. The molecule has 0 aromatic carbocycles. The molecule has 2 saturated heterocycles. The third-order valence-corrected chi connectivity index (χ3v) is 7.36. The quantitative estimate of drug-likeness (QED) is 0.652. The second kappa shape index (κ2) is 9.01. The average Bonchev–Trinajstić information content (AvgIpc) is 3.26. The van der Waals surface area contributed by atoms with Gasteiger partial charge in [-0.25, -0.2) is 18.4 Å². The van der Waals surface area contributed by atoms with Crippen molar-refractivity contribution in [2.24, 2.45) is 5.92 Å². The van der Waals surface area contributed by atoms with Crippen molar-refractivity contribution < 1.29 is 17.9 Å². The van der Waals surface area contributed by atoms with Gasteiger partial charge in [-0.1, -0.05) is 12.2 Å². The van der Waals surface area contributed by atoms with Crippen LogP contribution in [0.15, 0.2) is 23.2 Å². The van der Waals surface area contributed by atoms with Gasteiger partial charge < -0.3 is 14.5 Å². The molecule has 1 aromatic rings. The van der Waals surface area contributed by atoms with Crippen molar-refractivity contribution in [2.45, 2.75) is 42.9 Å². The van der Waals surface area contributed by atoms with E-state index in [-0.39, 0.29) is 16.7 Å². The zero-order valence-corrected chi connectivity index (χ0v) is 18.3. The van der Waals surface area contributed by atoms with Crippen LogP contribution in [0.5, 0.6) is 0 Å². The first-order chi connectivity index (χ1) is 14.4. The molecule has 30 heavy (non-hydrogen) atoms. The van der Waals surface area contributed by atoms with Gasteiger partial charge in [0.25, 0.3) is 0 Å². The summed E-state index contributed by atoms with van der Waals surface area (Å²) in [5.74, 6) is 1.13. The second-order valence-corrected chi connectivity index (χ2v) is 10.4. The Morgan fingerprint density at radius 2 is 1.90 bits per heavy atom.